The summed E-state index contributed by atoms with van der Waals surface area (Å²) in [6, 6.07) is 9.91. The third-order valence-electron chi connectivity index (χ3n) is 6.83. The first-order valence-corrected chi connectivity index (χ1v) is 11.6. The van der Waals surface area contributed by atoms with E-state index in [0.717, 1.165) is 44.6 Å². The summed E-state index contributed by atoms with van der Waals surface area (Å²) in [7, 11) is 0. The fourth-order valence-corrected chi connectivity index (χ4v) is 5.42. The van der Waals surface area contributed by atoms with Gasteiger partial charge >= 0.3 is 0 Å². The van der Waals surface area contributed by atoms with Crippen molar-refractivity contribution >= 4 is 24.9 Å². The highest BCUT2D eigenvalue weighted by Gasteiger charge is 2.62. The van der Waals surface area contributed by atoms with Crippen LogP contribution in [0.5, 0.6) is 0 Å². The van der Waals surface area contributed by atoms with Crippen molar-refractivity contribution in [2.24, 2.45) is 11.8 Å². The van der Waals surface area contributed by atoms with Gasteiger partial charge in [0.25, 0.3) is 12.9 Å². The molecule has 1 amide bonds. The number of carbonyl (C=O) groups excluding carboxylic acids is 1. The number of aromatic nitrogens is 2. The van der Waals surface area contributed by atoms with E-state index in [1.165, 1.54) is 0 Å². The van der Waals surface area contributed by atoms with Gasteiger partial charge < -0.3 is 24.8 Å². The lowest BCUT2D eigenvalue weighted by atomic mass is 9.73. The third-order valence-corrected chi connectivity index (χ3v) is 6.83. The molecule has 1 spiro atoms. The van der Waals surface area contributed by atoms with Gasteiger partial charge in [-0.15, -0.1) is 0 Å². The minimum atomic E-state index is -0.250. The van der Waals surface area contributed by atoms with Crippen LogP contribution in [0.15, 0.2) is 55.1 Å². The molecule has 0 unspecified atom stereocenters. The van der Waals surface area contributed by atoms with E-state index in [4.69, 9.17) is 24.5 Å². The second kappa shape index (κ2) is 12.8. The Morgan fingerprint density at radius 2 is 1.94 bits per heavy atom. The second-order valence-corrected chi connectivity index (χ2v) is 8.77. The average Bonchev–Trinajstić information content (AvgIpc) is 3.63. The monoisotopic (exact) mass is 484 g/mol. The Hall–Kier alpha value is -3.50. The maximum atomic E-state index is 12.3. The van der Waals surface area contributed by atoms with Gasteiger partial charge in [0.05, 0.1) is 18.0 Å². The zero-order valence-electron chi connectivity index (χ0n) is 19.5. The van der Waals surface area contributed by atoms with Gasteiger partial charge in [-0.25, -0.2) is 4.98 Å². The molecule has 3 fully saturated rings. The van der Waals surface area contributed by atoms with Crippen molar-refractivity contribution in [3.63, 3.8) is 0 Å². The number of amides is 1. The Bertz CT molecular complexity index is 962. The molecule has 0 aliphatic carbocycles. The molecule has 10 nitrogen and oxygen atoms in total. The molecule has 2 aromatic rings. The van der Waals surface area contributed by atoms with Crippen molar-refractivity contribution in [2.75, 3.05) is 26.2 Å². The summed E-state index contributed by atoms with van der Waals surface area (Å²) in [5.41, 5.74) is 1.05. The number of nitrogens with zero attached hydrogens (tertiary/aromatic N) is 3. The molecule has 5 rings (SSSR count). The first kappa shape index (κ1) is 26.1. The Balaban J connectivity index is 0.000000520. The number of hydrogen-bond acceptors (Lipinski definition) is 6. The Kier molecular flexibility index (Phi) is 9.56. The smallest absolute Gasteiger partial charge is 0.290 e. The molecule has 35 heavy (non-hydrogen) atoms. The molecular formula is C25H32N4O6. The predicted molar refractivity (Wildman–Crippen MR) is 128 cm³/mol. The van der Waals surface area contributed by atoms with Crippen LogP contribution in [-0.2, 0) is 25.7 Å². The number of fused-ring (bicyclic) bond motifs is 1. The predicted octanol–water partition coefficient (Wildman–Crippen LogP) is 1.59. The van der Waals surface area contributed by atoms with Crippen LogP contribution in [0, 0.1) is 11.8 Å². The van der Waals surface area contributed by atoms with Crippen LogP contribution in [0.4, 0.5) is 0 Å². The molecule has 4 atom stereocenters. The third kappa shape index (κ3) is 6.77. The van der Waals surface area contributed by atoms with Crippen molar-refractivity contribution in [3.8, 4) is 0 Å². The minimum Gasteiger partial charge on any atom is -0.483 e. The standard InChI is InChI=1S/C23H28N4O2.2CH2O2/c28-22(7-6-18-4-2-1-3-5-18)25-14-19-20-15-27(13-12-26-11-10-24-17-26)16-23(20)9-8-21(19)29-23;2*2-1-3/h1-7,10-11,17,19-21H,8-9,12-16H2,(H,25,28);2*1H,(H,2,3)/b7-6+;;/t19-,20+,21+,23+;;/m0../s1. The zero-order chi connectivity index (χ0) is 25.1. The Labute approximate surface area is 204 Å². The van der Waals surface area contributed by atoms with E-state index < -0.39 is 0 Å². The van der Waals surface area contributed by atoms with E-state index in [-0.39, 0.29) is 24.5 Å². The summed E-state index contributed by atoms with van der Waals surface area (Å²) in [6.45, 7) is 4.25. The van der Waals surface area contributed by atoms with Crippen molar-refractivity contribution in [3.05, 3.63) is 60.7 Å². The Morgan fingerprint density at radius 3 is 2.63 bits per heavy atom. The molecule has 3 saturated heterocycles. The largest absolute Gasteiger partial charge is 0.483 e. The normalized spacial score (nSPS) is 26.2. The molecule has 1 aromatic heterocycles. The number of imidazole rings is 1. The number of benzene rings is 1. The van der Waals surface area contributed by atoms with Gasteiger partial charge in [0.2, 0.25) is 5.91 Å². The van der Waals surface area contributed by atoms with Crippen LogP contribution in [-0.4, -0.2) is 81.4 Å². The van der Waals surface area contributed by atoms with Crippen molar-refractivity contribution < 1.29 is 29.3 Å². The highest BCUT2D eigenvalue weighted by Crippen LogP contribution is 2.54. The highest BCUT2D eigenvalue weighted by atomic mass is 16.5. The van der Waals surface area contributed by atoms with E-state index >= 15 is 0 Å². The summed E-state index contributed by atoms with van der Waals surface area (Å²) in [5, 5.41) is 16.9. The number of ether oxygens (including phenoxy) is 1. The van der Waals surface area contributed by atoms with Gasteiger partial charge in [-0.3, -0.25) is 19.3 Å². The highest BCUT2D eigenvalue weighted by molar-refractivity contribution is 5.91. The molecule has 4 heterocycles. The number of nitrogens with one attached hydrogen (secondary N) is 1. The van der Waals surface area contributed by atoms with Crippen LogP contribution in [0.25, 0.3) is 6.08 Å². The van der Waals surface area contributed by atoms with E-state index in [9.17, 15) is 4.79 Å². The SMILES string of the molecule is O=C(/C=C/c1ccccc1)NC[C@H]1[C@H]2CN(CCn3ccnc3)C[C@]23CC[C@H]1O3.O=CO.O=CO. The first-order chi connectivity index (χ1) is 17.0. The lowest BCUT2D eigenvalue weighted by molar-refractivity contribution is -0.123. The van der Waals surface area contributed by atoms with Crippen LogP contribution >= 0.6 is 0 Å². The molecule has 2 bridgehead atoms. The lowest BCUT2D eigenvalue weighted by Gasteiger charge is -2.29. The number of likely N-dealkylation sites (tertiary alicyclic amines) is 1. The molecule has 1 aromatic carbocycles. The molecule has 188 valence electrons. The molecule has 0 saturated carbocycles. The molecule has 3 N–H and O–H groups in total. The van der Waals surface area contributed by atoms with E-state index in [1.54, 1.807) is 6.08 Å². The maximum Gasteiger partial charge on any atom is 0.290 e. The van der Waals surface area contributed by atoms with Crippen molar-refractivity contribution in [1.29, 1.82) is 0 Å². The van der Waals surface area contributed by atoms with Gasteiger partial charge in [0, 0.05) is 63.0 Å². The molecule has 3 aliphatic heterocycles. The molecule has 3 aliphatic rings. The summed E-state index contributed by atoms with van der Waals surface area (Å²) >= 11 is 0. The van der Waals surface area contributed by atoms with Crippen LogP contribution in [0.1, 0.15) is 18.4 Å². The maximum absolute atomic E-state index is 12.3. The lowest BCUT2D eigenvalue weighted by Crippen LogP contribution is -2.41. The minimum absolute atomic E-state index is 0.00881. The quantitative estimate of drug-likeness (QED) is 0.399. The van der Waals surface area contributed by atoms with Crippen LogP contribution in [0.3, 0.4) is 0 Å². The first-order valence-electron chi connectivity index (χ1n) is 11.6. The van der Waals surface area contributed by atoms with Gasteiger partial charge in [-0.2, -0.15) is 0 Å². The van der Waals surface area contributed by atoms with Crippen molar-refractivity contribution in [1.82, 2.24) is 19.8 Å². The fourth-order valence-electron chi connectivity index (χ4n) is 5.42. The van der Waals surface area contributed by atoms with Crippen LogP contribution in [0.2, 0.25) is 0 Å². The summed E-state index contributed by atoms with van der Waals surface area (Å²) in [4.78, 5) is 35.7. The van der Waals surface area contributed by atoms with E-state index in [2.05, 4.69) is 19.8 Å². The van der Waals surface area contributed by atoms with Gasteiger partial charge in [0.1, 0.15) is 0 Å². The van der Waals surface area contributed by atoms with Crippen LogP contribution < -0.4 is 5.32 Å². The number of hydrogen-bond donors (Lipinski definition) is 3. The Morgan fingerprint density at radius 1 is 1.20 bits per heavy atom. The van der Waals surface area contributed by atoms with E-state index in [0.29, 0.717) is 24.5 Å². The molecular weight excluding hydrogens is 452 g/mol. The fraction of sp³-hybridized carbons (Fsp3) is 0.440. The number of carboxylic acid groups (broad SMARTS) is 2. The van der Waals surface area contributed by atoms with Crippen molar-refractivity contribution in [2.45, 2.75) is 31.1 Å². The summed E-state index contributed by atoms with van der Waals surface area (Å²) in [6.07, 6.45) is 11.8. The number of rotatable bonds is 7. The summed E-state index contributed by atoms with van der Waals surface area (Å²) in [5.74, 6) is 0.902. The van der Waals surface area contributed by atoms with E-state index in [1.807, 2.05) is 55.1 Å². The zero-order valence-corrected chi connectivity index (χ0v) is 19.5. The van der Waals surface area contributed by atoms with Gasteiger partial charge in [0.15, 0.2) is 0 Å². The van der Waals surface area contributed by atoms with Gasteiger partial charge in [-0.05, 0) is 24.5 Å². The molecule has 0 radical (unpaired) electrons. The average molecular weight is 485 g/mol. The molecule has 10 heteroatoms. The topological polar surface area (TPSA) is 134 Å². The second-order valence-electron chi connectivity index (χ2n) is 8.77. The van der Waals surface area contributed by atoms with Gasteiger partial charge in [-0.1, -0.05) is 30.3 Å². The number of carbonyl (C=O) groups is 3. The summed E-state index contributed by atoms with van der Waals surface area (Å²) < 4.78 is 8.62.